The van der Waals surface area contributed by atoms with Crippen molar-refractivity contribution in [3.05, 3.63) is 39.6 Å². The van der Waals surface area contributed by atoms with Crippen LogP contribution < -0.4 is 0 Å². The molecular weight excluding hydrogens is 295 g/mol. The van der Waals surface area contributed by atoms with Gasteiger partial charge in [-0.15, -0.1) is 11.3 Å². The van der Waals surface area contributed by atoms with E-state index in [-0.39, 0.29) is 5.82 Å². The normalized spacial score (nSPS) is 11.1. The van der Waals surface area contributed by atoms with Gasteiger partial charge in [0.15, 0.2) is 0 Å². The topological polar surface area (TPSA) is 45.5 Å². The molecule has 0 bridgehead atoms. The molecule has 6 heteroatoms. The van der Waals surface area contributed by atoms with Crippen molar-refractivity contribution in [1.29, 1.82) is 0 Å². The summed E-state index contributed by atoms with van der Waals surface area (Å²) in [6, 6.07) is 4.79. The average molecular weight is 301 g/mol. The van der Waals surface area contributed by atoms with Gasteiger partial charge in [0.25, 0.3) is 0 Å². The van der Waals surface area contributed by atoms with E-state index in [1.54, 1.807) is 17.5 Å². The first-order valence-electron chi connectivity index (χ1n) is 4.29. The van der Waals surface area contributed by atoms with Crippen molar-refractivity contribution in [2.45, 2.75) is 0 Å². The van der Waals surface area contributed by atoms with Crippen LogP contribution in [0.5, 0.6) is 0 Å². The van der Waals surface area contributed by atoms with Gasteiger partial charge < -0.3 is 5.21 Å². The van der Waals surface area contributed by atoms with E-state index in [0.29, 0.717) is 20.7 Å². The van der Waals surface area contributed by atoms with E-state index < -0.39 is 0 Å². The summed E-state index contributed by atoms with van der Waals surface area (Å²) in [5.41, 5.74) is 0.940. The molecule has 1 aromatic carbocycles. The minimum Gasteiger partial charge on any atom is -0.411 e. The molecule has 0 fully saturated rings. The van der Waals surface area contributed by atoms with Gasteiger partial charge in [-0.05, 0) is 18.2 Å². The highest BCUT2D eigenvalue weighted by Gasteiger charge is 2.09. The van der Waals surface area contributed by atoms with Crippen LogP contribution in [0.1, 0.15) is 5.69 Å². The maximum Gasteiger partial charge on any atom is 0.134 e. The van der Waals surface area contributed by atoms with E-state index >= 15 is 0 Å². The first kappa shape index (κ1) is 11.2. The van der Waals surface area contributed by atoms with Crippen LogP contribution in [0.4, 0.5) is 4.39 Å². The Morgan fingerprint density at radius 3 is 3.00 bits per heavy atom. The van der Waals surface area contributed by atoms with Crippen LogP contribution in [0.2, 0.25) is 0 Å². The molecule has 0 atom stereocenters. The highest BCUT2D eigenvalue weighted by atomic mass is 79.9. The maximum atomic E-state index is 13.6. The van der Waals surface area contributed by atoms with Crippen LogP contribution >= 0.6 is 27.3 Å². The lowest BCUT2D eigenvalue weighted by molar-refractivity contribution is 0.321. The first-order valence-corrected chi connectivity index (χ1v) is 5.96. The Bertz CT molecular complexity index is 541. The van der Waals surface area contributed by atoms with Gasteiger partial charge >= 0.3 is 0 Å². The van der Waals surface area contributed by atoms with E-state index in [1.807, 2.05) is 0 Å². The Kier molecular flexibility index (Phi) is 3.31. The number of hydrogen-bond donors (Lipinski definition) is 1. The van der Waals surface area contributed by atoms with Crippen LogP contribution in [0.15, 0.2) is 33.2 Å². The molecule has 1 heterocycles. The molecule has 0 spiro atoms. The number of aromatic nitrogens is 1. The first-order chi connectivity index (χ1) is 7.70. The third-order valence-corrected chi connectivity index (χ3v) is 3.26. The SMILES string of the molecule is ON=Cc1csc(-c2ccc(Br)cc2F)n1. The summed E-state index contributed by atoms with van der Waals surface area (Å²) in [6.07, 6.45) is 1.21. The van der Waals surface area contributed by atoms with E-state index in [1.165, 1.54) is 23.6 Å². The molecule has 0 amide bonds. The van der Waals surface area contributed by atoms with Gasteiger partial charge in [-0.1, -0.05) is 21.1 Å². The van der Waals surface area contributed by atoms with Crippen LogP contribution in [-0.2, 0) is 0 Å². The Morgan fingerprint density at radius 2 is 2.31 bits per heavy atom. The molecule has 0 saturated heterocycles. The van der Waals surface area contributed by atoms with Crippen LogP contribution in [-0.4, -0.2) is 16.4 Å². The maximum absolute atomic E-state index is 13.6. The highest BCUT2D eigenvalue weighted by molar-refractivity contribution is 9.10. The van der Waals surface area contributed by atoms with Gasteiger partial charge in [0.2, 0.25) is 0 Å². The summed E-state index contributed by atoms with van der Waals surface area (Å²) in [4.78, 5) is 4.11. The molecule has 82 valence electrons. The number of nitrogens with zero attached hydrogens (tertiary/aromatic N) is 2. The fourth-order valence-corrected chi connectivity index (χ4v) is 2.32. The van der Waals surface area contributed by atoms with Crippen molar-refractivity contribution in [2.75, 3.05) is 0 Å². The van der Waals surface area contributed by atoms with Crippen LogP contribution in [0.25, 0.3) is 10.6 Å². The number of halogens is 2. The number of benzene rings is 1. The highest BCUT2D eigenvalue weighted by Crippen LogP contribution is 2.27. The van der Waals surface area contributed by atoms with E-state index in [4.69, 9.17) is 5.21 Å². The van der Waals surface area contributed by atoms with Crippen LogP contribution in [0.3, 0.4) is 0 Å². The van der Waals surface area contributed by atoms with Crippen molar-refractivity contribution >= 4 is 33.5 Å². The van der Waals surface area contributed by atoms with Crippen molar-refractivity contribution in [3.63, 3.8) is 0 Å². The van der Waals surface area contributed by atoms with Crippen LogP contribution in [0, 0.1) is 5.82 Å². The van der Waals surface area contributed by atoms with Crippen molar-refractivity contribution in [1.82, 2.24) is 4.98 Å². The molecular formula is C10H6BrFN2OS. The lowest BCUT2D eigenvalue weighted by Crippen LogP contribution is -1.85. The van der Waals surface area contributed by atoms with Gasteiger partial charge in [0, 0.05) is 15.4 Å². The third kappa shape index (κ3) is 2.28. The second-order valence-electron chi connectivity index (χ2n) is 2.95. The quantitative estimate of drug-likeness (QED) is 0.524. The zero-order valence-electron chi connectivity index (χ0n) is 7.89. The Labute approximate surface area is 103 Å². The molecule has 1 aromatic heterocycles. The molecule has 0 saturated carbocycles. The number of thiazole rings is 1. The average Bonchev–Trinajstić information content (AvgIpc) is 2.67. The summed E-state index contributed by atoms with van der Waals surface area (Å²) >= 11 is 4.48. The molecule has 16 heavy (non-hydrogen) atoms. The summed E-state index contributed by atoms with van der Waals surface area (Å²) in [6.45, 7) is 0. The predicted octanol–water partition coefficient (Wildman–Crippen LogP) is 3.52. The second-order valence-corrected chi connectivity index (χ2v) is 4.72. The molecule has 0 radical (unpaired) electrons. The Hall–Kier alpha value is -1.27. The fraction of sp³-hybridized carbons (Fsp3) is 0. The zero-order valence-corrected chi connectivity index (χ0v) is 10.3. The van der Waals surface area contributed by atoms with Crippen molar-refractivity contribution in [2.24, 2.45) is 5.16 Å². The monoisotopic (exact) mass is 300 g/mol. The Balaban J connectivity index is 2.42. The summed E-state index contributed by atoms with van der Waals surface area (Å²) in [5.74, 6) is -0.337. The molecule has 0 aliphatic heterocycles. The van der Waals surface area contributed by atoms with E-state index in [0.717, 1.165) is 0 Å². The molecule has 1 N–H and O–H groups in total. The molecule has 3 nitrogen and oxygen atoms in total. The zero-order chi connectivity index (χ0) is 11.5. The van der Waals surface area contributed by atoms with Gasteiger partial charge in [0.1, 0.15) is 10.8 Å². The number of hydrogen-bond acceptors (Lipinski definition) is 4. The lowest BCUT2D eigenvalue weighted by atomic mass is 10.2. The van der Waals surface area contributed by atoms with Gasteiger partial charge in [-0.25, -0.2) is 9.37 Å². The predicted molar refractivity (Wildman–Crippen MR) is 64.6 cm³/mol. The van der Waals surface area contributed by atoms with E-state index in [9.17, 15) is 4.39 Å². The minimum atomic E-state index is -0.337. The summed E-state index contributed by atoms with van der Waals surface area (Å²) in [7, 11) is 0. The molecule has 0 unspecified atom stereocenters. The summed E-state index contributed by atoms with van der Waals surface area (Å²) in [5, 5.41) is 13.5. The van der Waals surface area contributed by atoms with Crippen molar-refractivity contribution < 1.29 is 9.60 Å². The summed E-state index contributed by atoms with van der Waals surface area (Å²) < 4.78 is 14.3. The van der Waals surface area contributed by atoms with Crippen molar-refractivity contribution in [3.8, 4) is 10.6 Å². The second kappa shape index (κ2) is 4.71. The fourth-order valence-electron chi connectivity index (χ4n) is 1.19. The molecule has 0 aliphatic rings. The Morgan fingerprint density at radius 1 is 1.50 bits per heavy atom. The molecule has 0 aliphatic carbocycles. The number of rotatable bonds is 2. The van der Waals surface area contributed by atoms with Gasteiger partial charge in [0.05, 0.1) is 11.9 Å². The van der Waals surface area contributed by atoms with Gasteiger partial charge in [-0.2, -0.15) is 0 Å². The standard InChI is InChI=1S/C10H6BrFN2OS/c11-6-1-2-8(9(12)3-6)10-14-7(4-13-15)5-16-10/h1-5,15H. The molecule has 2 aromatic rings. The largest absolute Gasteiger partial charge is 0.411 e. The smallest absolute Gasteiger partial charge is 0.134 e. The third-order valence-electron chi connectivity index (χ3n) is 1.87. The van der Waals surface area contributed by atoms with Gasteiger partial charge in [-0.3, -0.25) is 0 Å². The minimum absolute atomic E-state index is 0.337. The van der Waals surface area contributed by atoms with E-state index in [2.05, 4.69) is 26.1 Å². The lowest BCUT2D eigenvalue weighted by Gasteiger charge is -1.98. The molecule has 2 rings (SSSR count). The number of oxime groups is 1.